The minimum Gasteiger partial charge on any atom is -0.469 e. The summed E-state index contributed by atoms with van der Waals surface area (Å²) in [6.07, 6.45) is 3.17. The van der Waals surface area contributed by atoms with Crippen LogP contribution in [0, 0.1) is 6.92 Å². The fourth-order valence-corrected chi connectivity index (χ4v) is 6.61. The Kier molecular flexibility index (Phi) is 6.91. The third-order valence-electron chi connectivity index (χ3n) is 9.13. The SMILES string of the molecule is C=CC1=C(C)c2cc3[nH]c(c4c5[nH]c(cc6nc(cc1n2)C(C)=C6CC)c(C)c5C(=O)OC4=O)[C@@H](CCC(=O)OC)[C@@H]3C. The number of aryl methyl sites for hydroxylation is 1. The van der Waals surface area contributed by atoms with Crippen LogP contribution < -0.4 is 0 Å². The molecule has 0 fully saturated rings. The largest absolute Gasteiger partial charge is 0.469 e. The Bertz CT molecular complexity index is 1900. The molecule has 0 saturated carbocycles. The highest BCUT2D eigenvalue weighted by atomic mass is 16.6. The van der Waals surface area contributed by atoms with E-state index >= 15 is 0 Å². The monoisotopic (exact) mass is 578 g/mol. The van der Waals surface area contributed by atoms with Crippen LogP contribution in [0.5, 0.6) is 0 Å². The summed E-state index contributed by atoms with van der Waals surface area (Å²) in [6, 6.07) is 5.92. The lowest BCUT2D eigenvalue weighted by Crippen LogP contribution is -2.21. The van der Waals surface area contributed by atoms with Gasteiger partial charge in [0.05, 0.1) is 41.0 Å². The van der Waals surface area contributed by atoms with Crippen LogP contribution in [0.4, 0.5) is 0 Å². The lowest BCUT2D eigenvalue weighted by Gasteiger charge is -2.19. The van der Waals surface area contributed by atoms with E-state index in [1.165, 1.54) is 7.11 Å². The van der Waals surface area contributed by atoms with Gasteiger partial charge in [-0.25, -0.2) is 19.6 Å². The summed E-state index contributed by atoms with van der Waals surface area (Å²) in [4.78, 5) is 55.6. The van der Waals surface area contributed by atoms with Crippen LogP contribution in [0.2, 0.25) is 0 Å². The normalized spacial score (nSPS) is 18.6. The first-order valence-electron chi connectivity index (χ1n) is 14.5. The van der Waals surface area contributed by atoms with E-state index in [0.717, 1.165) is 57.2 Å². The number of H-pyrrole nitrogens is 2. The first-order chi connectivity index (χ1) is 20.6. The Balaban J connectivity index is 1.77. The molecule has 0 aromatic carbocycles. The van der Waals surface area contributed by atoms with E-state index in [1.807, 2.05) is 45.0 Å². The van der Waals surface area contributed by atoms with E-state index in [2.05, 4.69) is 30.4 Å². The molecule has 9 heteroatoms. The number of carbonyl (C=O) groups is 3. The molecular formula is C34H34N4O5. The molecule has 6 rings (SSSR count). The molecular weight excluding hydrogens is 544 g/mol. The van der Waals surface area contributed by atoms with Gasteiger partial charge in [0.15, 0.2) is 0 Å². The number of hydrogen-bond acceptors (Lipinski definition) is 7. The van der Waals surface area contributed by atoms with Gasteiger partial charge in [-0.05, 0) is 74.1 Å². The van der Waals surface area contributed by atoms with Crippen LogP contribution in [-0.2, 0) is 14.3 Å². The summed E-state index contributed by atoms with van der Waals surface area (Å²) in [5.41, 5.74) is 10.9. The number of ether oxygens (including phenoxy) is 2. The number of methoxy groups -OCH3 is 1. The summed E-state index contributed by atoms with van der Waals surface area (Å²) in [6.45, 7) is 14.1. The van der Waals surface area contributed by atoms with E-state index in [-0.39, 0.29) is 29.8 Å². The third-order valence-corrected chi connectivity index (χ3v) is 9.13. The number of cyclic esters (lactones) is 2. The molecule has 0 saturated heterocycles. The second-order valence-electron chi connectivity index (χ2n) is 11.4. The minimum absolute atomic E-state index is 0.109. The van der Waals surface area contributed by atoms with E-state index in [4.69, 9.17) is 19.4 Å². The van der Waals surface area contributed by atoms with Crippen LogP contribution >= 0.6 is 0 Å². The molecule has 4 aliphatic heterocycles. The summed E-state index contributed by atoms with van der Waals surface area (Å²) >= 11 is 0. The molecule has 8 bridgehead atoms. The maximum absolute atomic E-state index is 13.5. The Morgan fingerprint density at radius 1 is 1.00 bits per heavy atom. The molecule has 0 spiro atoms. The van der Waals surface area contributed by atoms with Gasteiger partial charge in [0.1, 0.15) is 5.56 Å². The van der Waals surface area contributed by atoms with Crippen molar-refractivity contribution in [2.24, 2.45) is 0 Å². The fraction of sp³-hybridized carbons (Fsp3) is 0.324. The fourth-order valence-electron chi connectivity index (χ4n) is 6.61. The molecule has 2 aromatic heterocycles. The molecule has 2 aromatic rings. The van der Waals surface area contributed by atoms with Gasteiger partial charge in [0.2, 0.25) is 0 Å². The van der Waals surface area contributed by atoms with Crippen LogP contribution in [0.3, 0.4) is 0 Å². The zero-order chi connectivity index (χ0) is 30.7. The molecule has 0 radical (unpaired) electrons. The van der Waals surface area contributed by atoms with Crippen molar-refractivity contribution in [2.75, 3.05) is 7.11 Å². The Morgan fingerprint density at radius 3 is 2.40 bits per heavy atom. The average molecular weight is 579 g/mol. The summed E-state index contributed by atoms with van der Waals surface area (Å²) in [7, 11) is 1.36. The van der Waals surface area contributed by atoms with Gasteiger partial charge in [-0.15, -0.1) is 0 Å². The van der Waals surface area contributed by atoms with Gasteiger partial charge in [-0.3, -0.25) is 4.79 Å². The van der Waals surface area contributed by atoms with Gasteiger partial charge in [0.25, 0.3) is 0 Å². The lowest BCUT2D eigenvalue weighted by molar-refractivity contribution is -0.140. The number of aromatic amines is 2. The Labute approximate surface area is 249 Å². The number of nitrogens with zero attached hydrogens (tertiary/aromatic N) is 2. The number of hydrogen-bond donors (Lipinski definition) is 2. The molecule has 2 N–H and O–H groups in total. The molecule has 220 valence electrons. The van der Waals surface area contributed by atoms with Crippen molar-refractivity contribution in [3.05, 3.63) is 81.7 Å². The summed E-state index contributed by atoms with van der Waals surface area (Å²) in [5.74, 6) is -2.13. The van der Waals surface area contributed by atoms with E-state index in [0.29, 0.717) is 34.3 Å². The van der Waals surface area contributed by atoms with Crippen LogP contribution in [0.25, 0.3) is 33.3 Å². The number of esters is 3. The number of fused-ring (bicyclic) bond motifs is 8. The van der Waals surface area contributed by atoms with Crippen molar-refractivity contribution < 1.29 is 23.9 Å². The molecule has 0 amide bonds. The number of nitrogens with one attached hydrogen (secondary N) is 2. The first-order valence-corrected chi connectivity index (χ1v) is 14.5. The van der Waals surface area contributed by atoms with E-state index in [9.17, 15) is 14.4 Å². The Hall–Kier alpha value is -4.79. The molecule has 4 aliphatic rings. The van der Waals surface area contributed by atoms with Gasteiger partial charge in [-0.1, -0.05) is 26.5 Å². The number of allylic oxidation sites excluding steroid dienone is 5. The highest BCUT2D eigenvalue weighted by Crippen LogP contribution is 2.44. The van der Waals surface area contributed by atoms with E-state index < -0.39 is 11.9 Å². The maximum atomic E-state index is 13.5. The molecule has 43 heavy (non-hydrogen) atoms. The van der Waals surface area contributed by atoms with Gasteiger partial charge in [-0.2, -0.15) is 0 Å². The first kappa shape index (κ1) is 28.3. The molecule has 9 nitrogen and oxygen atoms in total. The van der Waals surface area contributed by atoms with Gasteiger partial charge >= 0.3 is 17.9 Å². The quantitative estimate of drug-likeness (QED) is 0.290. The number of aromatic nitrogens is 4. The van der Waals surface area contributed by atoms with Gasteiger partial charge in [0, 0.05) is 40.7 Å². The number of rotatable bonds is 5. The second-order valence-corrected chi connectivity index (χ2v) is 11.4. The highest BCUT2D eigenvalue weighted by molar-refractivity contribution is 6.18. The van der Waals surface area contributed by atoms with Crippen molar-refractivity contribution in [3.63, 3.8) is 0 Å². The lowest BCUT2D eigenvalue weighted by atomic mass is 9.85. The van der Waals surface area contributed by atoms with Crippen molar-refractivity contribution in [3.8, 4) is 0 Å². The van der Waals surface area contributed by atoms with Crippen molar-refractivity contribution in [1.82, 2.24) is 19.9 Å². The standard InChI is InChI=1S/C34H34N4O5/c1-8-19-15(3)22-12-24-17(5)21(10-11-28(39)42-7)31(37-24)30-32-29(33(40)43-34(30)41)18(6)25(38-32)14-27-20(9-2)16(4)23(36-27)13-26(19)35-22/h8,12-14,17,21,37-38H,1,9-11H2,2-7H3/t17-,21-/m0/s1. The van der Waals surface area contributed by atoms with Crippen LogP contribution in [0.15, 0.2) is 30.9 Å². The third kappa shape index (κ3) is 4.42. The van der Waals surface area contributed by atoms with Crippen molar-refractivity contribution in [1.29, 1.82) is 0 Å². The highest BCUT2D eigenvalue weighted by Gasteiger charge is 2.38. The molecule has 0 unspecified atom stereocenters. The van der Waals surface area contributed by atoms with Gasteiger partial charge < -0.3 is 19.4 Å². The summed E-state index contributed by atoms with van der Waals surface area (Å²) < 4.78 is 10.2. The predicted molar refractivity (Wildman–Crippen MR) is 165 cm³/mol. The smallest absolute Gasteiger partial charge is 0.349 e. The molecule has 6 heterocycles. The van der Waals surface area contributed by atoms with Crippen molar-refractivity contribution in [2.45, 2.75) is 65.7 Å². The van der Waals surface area contributed by atoms with Crippen LogP contribution in [-0.4, -0.2) is 45.0 Å². The van der Waals surface area contributed by atoms with E-state index in [1.54, 1.807) is 0 Å². The molecule has 2 atom stereocenters. The predicted octanol–water partition coefficient (Wildman–Crippen LogP) is 6.95. The molecule has 0 aliphatic carbocycles. The minimum atomic E-state index is -0.738. The average Bonchev–Trinajstić information content (AvgIpc) is 3.65. The second kappa shape index (κ2) is 10.5. The van der Waals surface area contributed by atoms with Crippen molar-refractivity contribution >= 4 is 51.2 Å². The summed E-state index contributed by atoms with van der Waals surface area (Å²) in [5, 5.41) is 0. The maximum Gasteiger partial charge on any atom is 0.349 e. The number of carbonyl (C=O) groups excluding carboxylic acids is 3. The zero-order valence-corrected chi connectivity index (χ0v) is 25.2. The Morgan fingerprint density at radius 2 is 1.70 bits per heavy atom. The topological polar surface area (TPSA) is 127 Å². The van der Waals surface area contributed by atoms with Crippen LogP contribution in [0.1, 0.15) is 119 Å². The zero-order valence-electron chi connectivity index (χ0n) is 25.2.